The zero-order valence-electron chi connectivity index (χ0n) is 14.2. The fourth-order valence-electron chi connectivity index (χ4n) is 3.06. The Balaban J connectivity index is 1.47. The van der Waals surface area contributed by atoms with Crippen LogP contribution in [0, 0.1) is 0 Å². The van der Waals surface area contributed by atoms with Crippen LogP contribution in [0.1, 0.15) is 23.3 Å². The summed E-state index contributed by atoms with van der Waals surface area (Å²) in [5.41, 5.74) is 1.32. The molecular formula is C15H19N7O3S. The van der Waals surface area contributed by atoms with Gasteiger partial charge in [-0.1, -0.05) is 0 Å². The minimum atomic E-state index is -3.27. The van der Waals surface area contributed by atoms with Crippen LogP contribution < -0.4 is 0 Å². The van der Waals surface area contributed by atoms with E-state index in [2.05, 4.69) is 25.1 Å². The first-order valence-corrected chi connectivity index (χ1v) is 10.2. The molecule has 0 saturated heterocycles. The standard InChI is InChI=1S/C15H19N7O3S/c1-26(24,25)10-13(23)12-7-11-8-20(5-6-21(11)18-12)9-14-17-15-16-3-2-4-22(15)19-14/h2-4,7,13,23H,5-6,8-10H2,1H3/t13-/m1/s1. The average molecular weight is 377 g/mol. The lowest BCUT2D eigenvalue weighted by Gasteiger charge is -2.26. The van der Waals surface area contributed by atoms with Crippen LogP contribution in [-0.2, 0) is 29.5 Å². The van der Waals surface area contributed by atoms with Crippen molar-refractivity contribution in [1.82, 2.24) is 34.3 Å². The summed E-state index contributed by atoms with van der Waals surface area (Å²) >= 11 is 0. The largest absolute Gasteiger partial charge is 0.386 e. The Hall–Kier alpha value is -2.37. The molecule has 1 N–H and O–H groups in total. The van der Waals surface area contributed by atoms with Gasteiger partial charge in [0.25, 0.3) is 5.78 Å². The van der Waals surface area contributed by atoms with E-state index in [0.29, 0.717) is 36.9 Å². The van der Waals surface area contributed by atoms with Crippen molar-refractivity contribution in [2.24, 2.45) is 0 Å². The van der Waals surface area contributed by atoms with Gasteiger partial charge in [-0.05, 0) is 12.1 Å². The monoisotopic (exact) mass is 377 g/mol. The molecule has 3 aromatic heterocycles. The van der Waals surface area contributed by atoms with Crippen LogP contribution in [0.25, 0.3) is 5.78 Å². The normalized spacial score (nSPS) is 16.7. The second-order valence-electron chi connectivity index (χ2n) is 6.49. The lowest BCUT2D eigenvalue weighted by atomic mass is 10.2. The number of hydrogen-bond acceptors (Lipinski definition) is 8. The van der Waals surface area contributed by atoms with E-state index in [9.17, 15) is 13.5 Å². The summed E-state index contributed by atoms with van der Waals surface area (Å²) in [6, 6.07) is 3.56. The Bertz CT molecular complexity index is 1010. The Morgan fingerprint density at radius 3 is 2.92 bits per heavy atom. The third kappa shape index (κ3) is 3.59. The maximum Gasteiger partial charge on any atom is 0.252 e. The molecule has 138 valence electrons. The topological polar surface area (TPSA) is 119 Å². The van der Waals surface area contributed by atoms with E-state index in [1.54, 1.807) is 29.0 Å². The number of aromatic nitrogens is 6. The molecule has 4 heterocycles. The van der Waals surface area contributed by atoms with Gasteiger partial charge in [-0.2, -0.15) is 10.1 Å². The van der Waals surface area contributed by atoms with Gasteiger partial charge in [0.15, 0.2) is 5.82 Å². The highest BCUT2D eigenvalue weighted by Crippen LogP contribution is 2.20. The Kier molecular flexibility index (Phi) is 4.21. The van der Waals surface area contributed by atoms with Gasteiger partial charge in [0.05, 0.1) is 30.2 Å². The minimum absolute atomic E-state index is 0.328. The van der Waals surface area contributed by atoms with E-state index >= 15 is 0 Å². The number of aliphatic hydroxyl groups is 1. The summed E-state index contributed by atoms with van der Waals surface area (Å²) in [6.45, 7) is 2.63. The van der Waals surface area contributed by atoms with Crippen molar-refractivity contribution >= 4 is 15.6 Å². The van der Waals surface area contributed by atoms with Crippen LogP contribution in [0.4, 0.5) is 0 Å². The van der Waals surface area contributed by atoms with Crippen LogP contribution in [0.3, 0.4) is 0 Å². The van der Waals surface area contributed by atoms with E-state index in [4.69, 9.17) is 0 Å². The zero-order chi connectivity index (χ0) is 18.3. The maximum atomic E-state index is 11.4. The lowest BCUT2D eigenvalue weighted by Crippen LogP contribution is -2.33. The molecule has 0 aromatic carbocycles. The minimum Gasteiger partial charge on any atom is -0.386 e. The fourth-order valence-corrected chi connectivity index (χ4v) is 3.80. The van der Waals surface area contributed by atoms with Gasteiger partial charge in [0.1, 0.15) is 15.9 Å². The van der Waals surface area contributed by atoms with Crippen molar-refractivity contribution in [3.63, 3.8) is 0 Å². The summed E-state index contributed by atoms with van der Waals surface area (Å²) < 4.78 is 26.2. The molecule has 0 saturated carbocycles. The number of hydrogen-bond donors (Lipinski definition) is 1. The van der Waals surface area contributed by atoms with Gasteiger partial charge >= 0.3 is 0 Å². The highest BCUT2D eigenvalue weighted by Gasteiger charge is 2.23. The first-order chi connectivity index (χ1) is 12.4. The third-order valence-electron chi connectivity index (χ3n) is 4.22. The van der Waals surface area contributed by atoms with Gasteiger partial charge in [-0.15, -0.1) is 5.10 Å². The van der Waals surface area contributed by atoms with Gasteiger partial charge in [-0.3, -0.25) is 9.58 Å². The molecule has 11 heteroatoms. The van der Waals surface area contributed by atoms with Crippen molar-refractivity contribution in [2.45, 2.75) is 25.7 Å². The van der Waals surface area contributed by atoms with Crippen LogP contribution in [0.15, 0.2) is 24.5 Å². The number of sulfone groups is 1. The smallest absolute Gasteiger partial charge is 0.252 e. The van der Waals surface area contributed by atoms with Crippen LogP contribution in [-0.4, -0.2) is 66.3 Å². The van der Waals surface area contributed by atoms with Crippen LogP contribution in [0.2, 0.25) is 0 Å². The molecule has 0 fully saturated rings. The van der Waals surface area contributed by atoms with E-state index in [1.165, 1.54) is 0 Å². The molecule has 1 atom stereocenters. The maximum absolute atomic E-state index is 11.4. The third-order valence-corrected chi connectivity index (χ3v) is 5.14. The van der Waals surface area contributed by atoms with Crippen LogP contribution in [0.5, 0.6) is 0 Å². The average Bonchev–Trinajstić information content (AvgIpc) is 3.15. The van der Waals surface area contributed by atoms with Gasteiger partial charge < -0.3 is 5.11 Å². The summed E-state index contributed by atoms with van der Waals surface area (Å²) in [5.74, 6) is 0.926. The van der Waals surface area contributed by atoms with Gasteiger partial charge in [0, 0.05) is 31.7 Å². The summed E-state index contributed by atoms with van der Waals surface area (Å²) in [5, 5.41) is 18.8. The number of aliphatic hydroxyl groups excluding tert-OH is 1. The molecule has 3 aromatic rings. The molecule has 1 aliphatic rings. The molecule has 0 unspecified atom stereocenters. The second-order valence-corrected chi connectivity index (χ2v) is 8.68. The number of rotatable bonds is 5. The number of nitrogens with zero attached hydrogens (tertiary/aromatic N) is 7. The Morgan fingerprint density at radius 2 is 2.15 bits per heavy atom. The predicted octanol–water partition coefficient (Wildman–Crippen LogP) is -0.585. The molecule has 26 heavy (non-hydrogen) atoms. The summed E-state index contributed by atoms with van der Waals surface area (Å²) in [4.78, 5) is 10.7. The quantitative estimate of drug-likeness (QED) is 0.627. The van der Waals surface area contributed by atoms with Crippen molar-refractivity contribution in [3.8, 4) is 0 Å². The zero-order valence-corrected chi connectivity index (χ0v) is 15.0. The molecule has 1 aliphatic heterocycles. The van der Waals surface area contributed by atoms with Gasteiger partial charge in [0.2, 0.25) is 0 Å². The van der Waals surface area contributed by atoms with Crippen molar-refractivity contribution in [3.05, 3.63) is 41.7 Å². The SMILES string of the molecule is CS(=O)(=O)C[C@@H](O)c1cc2n(n1)CCN(Cc1nc3ncccn3n1)C2. The molecule has 0 bridgehead atoms. The van der Waals surface area contributed by atoms with E-state index in [0.717, 1.165) is 18.5 Å². The van der Waals surface area contributed by atoms with E-state index < -0.39 is 15.9 Å². The summed E-state index contributed by atoms with van der Waals surface area (Å²) in [7, 11) is -3.27. The summed E-state index contributed by atoms with van der Waals surface area (Å²) in [6.07, 6.45) is 3.48. The molecule has 0 amide bonds. The molecular weight excluding hydrogens is 358 g/mol. The van der Waals surface area contributed by atoms with Crippen molar-refractivity contribution in [1.29, 1.82) is 0 Å². The molecule has 10 nitrogen and oxygen atoms in total. The van der Waals surface area contributed by atoms with Crippen molar-refractivity contribution < 1.29 is 13.5 Å². The second kappa shape index (κ2) is 6.41. The molecule has 4 rings (SSSR count). The van der Waals surface area contributed by atoms with E-state index in [-0.39, 0.29) is 5.75 Å². The molecule has 0 spiro atoms. The van der Waals surface area contributed by atoms with Crippen LogP contribution >= 0.6 is 0 Å². The fraction of sp³-hybridized carbons (Fsp3) is 0.467. The predicted molar refractivity (Wildman–Crippen MR) is 91.8 cm³/mol. The highest BCUT2D eigenvalue weighted by atomic mass is 32.2. The first-order valence-electron chi connectivity index (χ1n) is 8.18. The molecule has 0 radical (unpaired) electrons. The Morgan fingerprint density at radius 1 is 1.31 bits per heavy atom. The van der Waals surface area contributed by atoms with Gasteiger partial charge in [-0.25, -0.2) is 17.9 Å². The highest BCUT2D eigenvalue weighted by molar-refractivity contribution is 7.90. The molecule has 0 aliphatic carbocycles. The first kappa shape index (κ1) is 17.1. The van der Waals surface area contributed by atoms with Crippen molar-refractivity contribution in [2.75, 3.05) is 18.6 Å². The number of fused-ring (bicyclic) bond motifs is 2. The van der Waals surface area contributed by atoms with E-state index in [1.807, 2.05) is 4.68 Å². The lowest BCUT2D eigenvalue weighted by molar-refractivity contribution is 0.190. The Labute approximate surface area is 150 Å².